The summed E-state index contributed by atoms with van der Waals surface area (Å²) in [4.78, 5) is 19.9. The van der Waals surface area contributed by atoms with E-state index >= 15 is 0 Å². The first kappa shape index (κ1) is 13.5. The van der Waals surface area contributed by atoms with Crippen LogP contribution in [0.1, 0.15) is 36.8 Å². The van der Waals surface area contributed by atoms with Gasteiger partial charge in [0.1, 0.15) is 11.5 Å². The number of carboxylic acids is 1. The molecular weight excluding hydrogens is 242 g/mol. The predicted octanol–water partition coefficient (Wildman–Crippen LogP) is 2.17. The molecule has 0 radical (unpaired) electrons. The SMILES string of the molecule is Cc1nc2cc(CC(C)C)nc(C)n2c1CC(=O)O. The number of hydrogen-bond acceptors (Lipinski definition) is 3. The van der Waals surface area contributed by atoms with Gasteiger partial charge in [0, 0.05) is 11.8 Å². The Balaban J connectivity index is 2.56. The summed E-state index contributed by atoms with van der Waals surface area (Å²) in [6, 6.07) is 1.95. The lowest BCUT2D eigenvalue weighted by Crippen LogP contribution is -2.09. The molecule has 0 spiro atoms. The van der Waals surface area contributed by atoms with E-state index in [1.54, 1.807) is 0 Å². The van der Waals surface area contributed by atoms with Crippen LogP contribution in [0.2, 0.25) is 0 Å². The van der Waals surface area contributed by atoms with Gasteiger partial charge in [-0.25, -0.2) is 9.97 Å². The maximum atomic E-state index is 10.9. The molecule has 0 aromatic carbocycles. The summed E-state index contributed by atoms with van der Waals surface area (Å²) >= 11 is 0. The summed E-state index contributed by atoms with van der Waals surface area (Å²) in [6.07, 6.45) is 0.872. The quantitative estimate of drug-likeness (QED) is 0.916. The molecule has 0 saturated carbocycles. The van der Waals surface area contributed by atoms with Crippen LogP contribution in [0.3, 0.4) is 0 Å². The van der Waals surface area contributed by atoms with Crippen LogP contribution in [0, 0.1) is 19.8 Å². The number of fused-ring (bicyclic) bond motifs is 1. The van der Waals surface area contributed by atoms with E-state index in [0.717, 1.165) is 29.3 Å². The Morgan fingerprint density at radius 1 is 1.37 bits per heavy atom. The van der Waals surface area contributed by atoms with Crippen LogP contribution in [0.25, 0.3) is 5.65 Å². The van der Waals surface area contributed by atoms with Gasteiger partial charge < -0.3 is 5.11 Å². The van der Waals surface area contributed by atoms with Crippen molar-refractivity contribution in [1.29, 1.82) is 0 Å². The number of rotatable bonds is 4. The minimum Gasteiger partial charge on any atom is -0.481 e. The maximum Gasteiger partial charge on any atom is 0.309 e. The minimum atomic E-state index is -0.851. The second-order valence-electron chi connectivity index (χ2n) is 5.30. The number of carboxylic acid groups (broad SMARTS) is 1. The molecule has 0 aliphatic rings. The zero-order valence-electron chi connectivity index (χ0n) is 11.8. The lowest BCUT2D eigenvalue weighted by molar-refractivity contribution is -0.136. The first-order valence-electron chi connectivity index (χ1n) is 6.44. The number of hydrogen-bond donors (Lipinski definition) is 1. The highest BCUT2D eigenvalue weighted by Crippen LogP contribution is 2.17. The van der Waals surface area contributed by atoms with Gasteiger partial charge in [-0.15, -0.1) is 0 Å². The van der Waals surface area contributed by atoms with Crippen molar-refractivity contribution in [3.05, 3.63) is 29.0 Å². The van der Waals surface area contributed by atoms with Gasteiger partial charge in [-0.3, -0.25) is 9.20 Å². The summed E-state index contributed by atoms with van der Waals surface area (Å²) in [5.41, 5.74) is 3.27. The van der Waals surface area contributed by atoms with Gasteiger partial charge in [-0.2, -0.15) is 0 Å². The molecule has 0 aliphatic carbocycles. The normalized spacial score (nSPS) is 11.4. The molecule has 2 heterocycles. The third kappa shape index (κ3) is 2.75. The average Bonchev–Trinajstić information content (AvgIpc) is 2.53. The zero-order chi connectivity index (χ0) is 14.2. The largest absolute Gasteiger partial charge is 0.481 e. The Labute approximate surface area is 112 Å². The van der Waals surface area contributed by atoms with E-state index in [-0.39, 0.29) is 6.42 Å². The summed E-state index contributed by atoms with van der Waals surface area (Å²) in [6.45, 7) is 8.03. The Morgan fingerprint density at radius 2 is 2.05 bits per heavy atom. The van der Waals surface area contributed by atoms with Crippen LogP contribution in [0.5, 0.6) is 0 Å². The standard InChI is InChI=1S/C14H19N3O2/c1-8(2)5-11-6-13-15-9(3)12(7-14(18)19)17(13)10(4)16-11/h6,8H,5,7H2,1-4H3,(H,18,19). The van der Waals surface area contributed by atoms with Crippen molar-refractivity contribution in [2.75, 3.05) is 0 Å². The minimum absolute atomic E-state index is 0.0287. The van der Waals surface area contributed by atoms with Gasteiger partial charge in [-0.1, -0.05) is 13.8 Å². The van der Waals surface area contributed by atoms with Crippen LogP contribution in [0.4, 0.5) is 0 Å². The highest BCUT2D eigenvalue weighted by atomic mass is 16.4. The van der Waals surface area contributed by atoms with Crippen LogP contribution in [-0.2, 0) is 17.6 Å². The highest BCUT2D eigenvalue weighted by molar-refractivity contribution is 5.70. The van der Waals surface area contributed by atoms with Crippen LogP contribution in [0.15, 0.2) is 6.07 Å². The van der Waals surface area contributed by atoms with Crippen LogP contribution >= 0.6 is 0 Å². The van der Waals surface area contributed by atoms with Gasteiger partial charge in [-0.05, 0) is 26.2 Å². The smallest absolute Gasteiger partial charge is 0.309 e. The van der Waals surface area contributed by atoms with Gasteiger partial charge in [0.05, 0.1) is 17.8 Å². The molecule has 102 valence electrons. The van der Waals surface area contributed by atoms with E-state index < -0.39 is 5.97 Å². The summed E-state index contributed by atoms with van der Waals surface area (Å²) < 4.78 is 1.84. The Hall–Kier alpha value is -1.91. The number of imidazole rings is 1. The number of nitrogens with zero attached hydrogens (tertiary/aromatic N) is 3. The monoisotopic (exact) mass is 261 g/mol. The van der Waals surface area contributed by atoms with E-state index in [1.807, 2.05) is 24.3 Å². The Morgan fingerprint density at radius 3 is 2.63 bits per heavy atom. The molecule has 5 nitrogen and oxygen atoms in total. The molecule has 0 fully saturated rings. The average molecular weight is 261 g/mol. The molecule has 0 atom stereocenters. The van der Waals surface area contributed by atoms with Gasteiger partial charge in [0.15, 0.2) is 0 Å². The molecule has 0 aliphatic heterocycles. The fourth-order valence-corrected chi connectivity index (χ4v) is 2.36. The van der Waals surface area contributed by atoms with Crippen LogP contribution in [-0.4, -0.2) is 25.4 Å². The van der Waals surface area contributed by atoms with E-state index in [0.29, 0.717) is 11.6 Å². The first-order chi connectivity index (χ1) is 8.88. The molecule has 0 bridgehead atoms. The molecule has 0 saturated heterocycles. The first-order valence-corrected chi connectivity index (χ1v) is 6.44. The van der Waals surface area contributed by atoms with Gasteiger partial charge >= 0.3 is 5.97 Å². The molecular formula is C14H19N3O2. The van der Waals surface area contributed by atoms with E-state index in [9.17, 15) is 4.79 Å². The molecule has 2 rings (SSSR count). The second-order valence-corrected chi connectivity index (χ2v) is 5.30. The molecule has 5 heteroatoms. The van der Waals surface area contributed by atoms with Crippen molar-refractivity contribution in [2.45, 2.75) is 40.5 Å². The summed E-state index contributed by atoms with van der Waals surface area (Å²) in [7, 11) is 0. The highest BCUT2D eigenvalue weighted by Gasteiger charge is 2.15. The van der Waals surface area contributed by atoms with Crippen LogP contribution < -0.4 is 0 Å². The molecule has 1 N–H and O–H groups in total. The lowest BCUT2D eigenvalue weighted by atomic mass is 10.1. The fourth-order valence-electron chi connectivity index (χ4n) is 2.36. The van der Waals surface area contributed by atoms with Crippen molar-refractivity contribution in [1.82, 2.24) is 14.4 Å². The molecule has 2 aromatic rings. The maximum absolute atomic E-state index is 10.9. The van der Waals surface area contributed by atoms with Gasteiger partial charge in [0.25, 0.3) is 0 Å². The molecule has 19 heavy (non-hydrogen) atoms. The van der Waals surface area contributed by atoms with Gasteiger partial charge in [0.2, 0.25) is 0 Å². The second kappa shape index (κ2) is 4.99. The van der Waals surface area contributed by atoms with E-state index in [4.69, 9.17) is 5.11 Å². The predicted molar refractivity (Wildman–Crippen MR) is 72.3 cm³/mol. The van der Waals surface area contributed by atoms with E-state index in [1.165, 1.54) is 0 Å². The Bertz CT molecular complexity index is 629. The van der Waals surface area contributed by atoms with Crippen molar-refractivity contribution in [2.24, 2.45) is 5.92 Å². The third-order valence-electron chi connectivity index (χ3n) is 3.06. The zero-order valence-corrected chi connectivity index (χ0v) is 11.8. The van der Waals surface area contributed by atoms with Crippen molar-refractivity contribution in [3.8, 4) is 0 Å². The number of aryl methyl sites for hydroxylation is 2. The molecule has 0 amide bonds. The lowest BCUT2D eigenvalue weighted by Gasteiger charge is -2.08. The fraction of sp³-hybridized carbons (Fsp3) is 0.500. The number of aliphatic carboxylic acids is 1. The number of carbonyl (C=O) groups is 1. The Kier molecular flexibility index (Phi) is 3.55. The summed E-state index contributed by atoms with van der Waals surface area (Å²) in [5, 5.41) is 8.97. The van der Waals surface area contributed by atoms with Crippen molar-refractivity contribution < 1.29 is 9.90 Å². The van der Waals surface area contributed by atoms with E-state index in [2.05, 4.69) is 23.8 Å². The molecule has 2 aromatic heterocycles. The van der Waals surface area contributed by atoms with Crippen molar-refractivity contribution in [3.63, 3.8) is 0 Å². The number of aromatic nitrogens is 3. The molecule has 0 unspecified atom stereocenters. The third-order valence-corrected chi connectivity index (χ3v) is 3.06. The topological polar surface area (TPSA) is 67.5 Å². The van der Waals surface area contributed by atoms with Crippen molar-refractivity contribution >= 4 is 11.6 Å². The summed E-state index contributed by atoms with van der Waals surface area (Å²) in [5.74, 6) is 0.476.